The first-order valence-electron chi connectivity index (χ1n) is 4.23. The quantitative estimate of drug-likeness (QED) is 0.653. The van der Waals surface area contributed by atoms with Gasteiger partial charge in [-0.25, -0.2) is 0 Å². The fraction of sp³-hybridized carbons (Fsp3) is 1.00. The summed E-state index contributed by atoms with van der Waals surface area (Å²) in [6.07, 6.45) is 2.09. The lowest BCUT2D eigenvalue weighted by Crippen LogP contribution is -2.39. The molecule has 1 aliphatic heterocycles. The van der Waals surface area contributed by atoms with Gasteiger partial charge < -0.3 is 10.8 Å². The molecule has 3 N–H and O–H groups in total. The fourth-order valence-corrected chi connectivity index (χ4v) is 2.67. The second-order valence-corrected chi connectivity index (χ2v) is 4.48. The van der Waals surface area contributed by atoms with E-state index in [0.29, 0.717) is 5.92 Å². The fourth-order valence-electron chi connectivity index (χ4n) is 1.46. The topological polar surface area (TPSA) is 46.2 Å². The SMILES string of the molecule is CC(N)C(O)C1CCCSC1. The molecule has 66 valence electrons. The predicted octanol–water partition coefficient (Wildman–Crippen LogP) is 0.838. The average Bonchev–Trinajstić information content (AvgIpc) is 2.05. The number of nitrogens with two attached hydrogens (primary N) is 1. The number of hydrogen-bond donors (Lipinski definition) is 2. The number of aliphatic hydroxyl groups excluding tert-OH is 1. The predicted molar refractivity (Wildman–Crippen MR) is 49.7 cm³/mol. The van der Waals surface area contributed by atoms with Gasteiger partial charge in [-0.3, -0.25) is 0 Å². The lowest BCUT2D eigenvalue weighted by atomic mass is 9.94. The van der Waals surface area contributed by atoms with E-state index in [4.69, 9.17) is 5.73 Å². The van der Waals surface area contributed by atoms with Gasteiger partial charge in [-0.1, -0.05) is 0 Å². The van der Waals surface area contributed by atoms with Gasteiger partial charge in [-0.05, 0) is 37.2 Å². The van der Waals surface area contributed by atoms with Gasteiger partial charge in [-0.2, -0.15) is 11.8 Å². The van der Waals surface area contributed by atoms with Crippen LogP contribution in [-0.2, 0) is 0 Å². The molecule has 3 atom stereocenters. The normalized spacial score (nSPS) is 31.4. The Hall–Kier alpha value is 0.270. The number of rotatable bonds is 2. The van der Waals surface area contributed by atoms with E-state index < -0.39 is 0 Å². The van der Waals surface area contributed by atoms with Crippen molar-refractivity contribution in [1.82, 2.24) is 0 Å². The first-order chi connectivity index (χ1) is 5.22. The third-order valence-electron chi connectivity index (χ3n) is 2.22. The molecule has 1 saturated heterocycles. The van der Waals surface area contributed by atoms with Gasteiger partial charge in [0.15, 0.2) is 0 Å². The van der Waals surface area contributed by atoms with Crippen LogP contribution < -0.4 is 5.73 Å². The third kappa shape index (κ3) is 2.65. The summed E-state index contributed by atoms with van der Waals surface area (Å²) in [6.45, 7) is 1.88. The largest absolute Gasteiger partial charge is 0.391 e. The van der Waals surface area contributed by atoms with Crippen molar-refractivity contribution in [2.75, 3.05) is 11.5 Å². The van der Waals surface area contributed by atoms with Crippen molar-refractivity contribution in [3.63, 3.8) is 0 Å². The standard InChI is InChI=1S/C8H17NOS/c1-6(9)8(10)7-3-2-4-11-5-7/h6-8,10H,2-5,9H2,1H3. The van der Waals surface area contributed by atoms with Crippen LogP contribution in [0, 0.1) is 5.92 Å². The number of thioether (sulfide) groups is 1. The maximum absolute atomic E-state index is 9.61. The third-order valence-corrected chi connectivity index (χ3v) is 3.46. The van der Waals surface area contributed by atoms with Crippen LogP contribution in [0.2, 0.25) is 0 Å². The zero-order chi connectivity index (χ0) is 8.27. The Labute approximate surface area is 72.5 Å². The van der Waals surface area contributed by atoms with Crippen LogP contribution in [0.4, 0.5) is 0 Å². The smallest absolute Gasteiger partial charge is 0.0724 e. The van der Waals surface area contributed by atoms with E-state index in [-0.39, 0.29) is 12.1 Å². The van der Waals surface area contributed by atoms with Gasteiger partial charge in [0.05, 0.1) is 6.10 Å². The highest BCUT2D eigenvalue weighted by molar-refractivity contribution is 7.99. The van der Waals surface area contributed by atoms with Gasteiger partial charge in [0.2, 0.25) is 0 Å². The average molecular weight is 175 g/mol. The second kappa shape index (κ2) is 4.33. The molecular weight excluding hydrogens is 158 g/mol. The summed E-state index contributed by atoms with van der Waals surface area (Å²) in [5.74, 6) is 2.78. The first kappa shape index (κ1) is 9.36. The van der Waals surface area contributed by atoms with Crippen molar-refractivity contribution >= 4 is 11.8 Å². The molecule has 1 fully saturated rings. The van der Waals surface area contributed by atoms with E-state index in [1.807, 2.05) is 18.7 Å². The molecule has 0 aromatic rings. The molecular formula is C8H17NOS. The highest BCUT2D eigenvalue weighted by atomic mass is 32.2. The molecule has 0 aromatic carbocycles. The summed E-state index contributed by atoms with van der Waals surface area (Å²) >= 11 is 1.93. The Balaban J connectivity index is 2.32. The van der Waals surface area contributed by atoms with E-state index in [9.17, 15) is 5.11 Å². The van der Waals surface area contributed by atoms with E-state index >= 15 is 0 Å². The zero-order valence-electron chi connectivity index (χ0n) is 6.99. The maximum atomic E-state index is 9.61. The van der Waals surface area contributed by atoms with E-state index in [1.165, 1.54) is 12.2 Å². The van der Waals surface area contributed by atoms with E-state index in [0.717, 1.165) is 12.2 Å². The molecule has 11 heavy (non-hydrogen) atoms. The Kier molecular flexibility index (Phi) is 3.69. The lowest BCUT2D eigenvalue weighted by Gasteiger charge is -2.28. The van der Waals surface area contributed by atoms with Crippen molar-refractivity contribution < 1.29 is 5.11 Å². The van der Waals surface area contributed by atoms with E-state index in [1.54, 1.807) is 0 Å². The van der Waals surface area contributed by atoms with Crippen LogP contribution in [0.15, 0.2) is 0 Å². The Bertz CT molecular complexity index is 113. The summed E-state index contributed by atoms with van der Waals surface area (Å²) in [7, 11) is 0. The van der Waals surface area contributed by atoms with Gasteiger partial charge in [0, 0.05) is 6.04 Å². The van der Waals surface area contributed by atoms with Crippen LogP contribution in [0.1, 0.15) is 19.8 Å². The highest BCUT2D eigenvalue weighted by Gasteiger charge is 2.24. The Morgan fingerprint density at radius 3 is 2.82 bits per heavy atom. The van der Waals surface area contributed by atoms with Crippen molar-refractivity contribution in [1.29, 1.82) is 0 Å². The van der Waals surface area contributed by atoms with Crippen molar-refractivity contribution in [3.8, 4) is 0 Å². The first-order valence-corrected chi connectivity index (χ1v) is 5.38. The monoisotopic (exact) mass is 175 g/mol. The van der Waals surface area contributed by atoms with E-state index in [2.05, 4.69) is 0 Å². The maximum Gasteiger partial charge on any atom is 0.0724 e. The molecule has 3 unspecified atom stereocenters. The molecule has 1 rings (SSSR count). The van der Waals surface area contributed by atoms with Crippen LogP contribution >= 0.6 is 11.8 Å². The highest BCUT2D eigenvalue weighted by Crippen LogP contribution is 2.25. The molecule has 3 heteroatoms. The molecule has 0 aliphatic carbocycles. The minimum absolute atomic E-state index is 0.0706. The number of hydrogen-bond acceptors (Lipinski definition) is 3. The van der Waals surface area contributed by atoms with Gasteiger partial charge >= 0.3 is 0 Å². The van der Waals surface area contributed by atoms with Gasteiger partial charge in [0.25, 0.3) is 0 Å². The van der Waals surface area contributed by atoms with Crippen LogP contribution in [-0.4, -0.2) is 28.8 Å². The van der Waals surface area contributed by atoms with Gasteiger partial charge in [-0.15, -0.1) is 0 Å². The summed E-state index contributed by atoms with van der Waals surface area (Å²) in [5, 5.41) is 9.61. The zero-order valence-corrected chi connectivity index (χ0v) is 7.81. The second-order valence-electron chi connectivity index (χ2n) is 3.33. The minimum atomic E-state index is -0.289. The molecule has 1 aliphatic rings. The molecule has 0 bridgehead atoms. The summed E-state index contributed by atoms with van der Waals surface area (Å²) in [5.41, 5.74) is 5.61. The molecule has 0 saturated carbocycles. The van der Waals surface area contributed by atoms with Crippen molar-refractivity contribution in [2.24, 2.45) is 11.7 Å². The minimum Gasteiger partial charge on any atom is -0.391 e. The van der Waals surface area contributed by atoms with Crippen molar-refractivity contribution in [2.45, 2.75) is 31.9 Å². The number of aliphatic hydroxyl groups is 1. The van der Waals surface area contributed by atoms with Crippen LogP contribution in [0.3, 0.4) is 0 Å². The summed E-state index contributed by atoms with van der Waals surface area (Å²) in [6, 6.07) is -0.0706. The van der Waals surface area contributed by atoms with Crippen LogP contribution in [0.5, 0.6) is 0 Å². The Morgan fingerprint density at radius 2 is 2.36 bits per heavy atom. The molecule has 1 heterocycles. The molecule has 2 nitrogen and oxygen atoms in total. The molecule has 0 aromatic heterocycles. The molecule has 0 amide bonds. The summed E-state index contributed by atoms with van der Waals surface area (Å²) in [4.78, 5) is 0. The molecule has 0 spiro atoms. The van der Waals surface area contributed by atoms with Crippen molar-refractivity contribution in [3.05, 3.63) is 0 Å². The molecule has 0 radical (unpaired) electrons. The van der Waals surface area contributed by atoms with Gasteiger partial charge in [0.1, 0.15) is 0 Å². The van der Waals surface area contributed by atoms with Crippen LogP contribution in [0.25, 0.3) is 0 Å². The summed E-state index contributed by atoms with van der Waals surface area (Å²) < 4.78 is 0. The Morgan fingerprint density at radius 1 is 1.64 bits per heavy atom. The lowest BCUT2D eigenvalue weighted by molar-refractivity contribution is 0.0920.